The summed E-state index contributed by atoms with van der Waals surface area (Å²) in [6, 6.07) is 3.89. The van der Waals surface area contributed by atoms with Crippen molar-refractivity contribution in [2.75, 3.05) is 19.8 Å². The Labute approximate surface area is 105 Å². The lowest BCUT2D eigenvalue weighted by Crippen LogP contribution is -2.33. The van der Waals surface area contributed by atoms with Crippen LogP contribution in [0.25, 0.3) is 0 Å². The van der Waals surface area contributed by atoms with E-state index in [-0.39, 0.29) is 23.0 Å². The summed E-state index contributed by atoms with van der Waals surface area (Å²) in [4.78, 5) is 11.8. The monoisotopic (exact) mass is 251 g/mol. The number of benzene rings is 1. The molecule has 0 aromatic heterocycles. The minimum Gasteiger partial charge on any atom is -0.508 e. The van der Waals surface area contributed by atoms with Gasteiger partial charge in [0.1, 0.15) is 11.5 Å². The summed E-state index contributed by atoms with van der Waals surface area (Å²) in [5.41, 5.74) is 0.0896. The molecule has 1 aliphatic heterocycles. The first-order chi connectivity index (χ1) is 8.66. The molecule has 5 nitrogen and oxygen atoms in total. The first-order valence-corrected chi connectivity index (χ1v) is 6.05. The second-order valence-corrected chi connectivity index (χ2v) is 4.49. The summed E-state index contributed by atoms with van der Waals surface area (Å²) < 4.78 is 5.32. The average Bonchev–Trinajstić information content (AvgIpc) is 2.40. The predicted molar refractivity (Wildman–Crippen MR) is 65.6 cm³/mol. The molecule has 1 saturated heterocycles. The van der Waals surface area contributed by atoms with Crippen LogP contribution in [0.5, 0.6) is 11.5 Å². The van der Waals surface area contributed by atoms with Crippen molar-refractivity contribution in [2.24, 2.45) is 5.92 Å². The summed E-state index contributed by atoms with van der Waals surface area (Å²) in [6.45, 7) is 1.97. The van der Waals surface area contributed by atoms with Crippen molar-refractivity contribution in [3.05, 3.63) is 23.8 Å². The topological polar surface area (TPSA) is 78.8 Å². The molecule has 5 heteroatoms. The van der Waals surface area contributed by atoms with Crippen molar-refractivity contribution in [1.82, 2.24) is 5.32 Å². The number of amides is 1. The number of hydrogen-bond donors (Lipinski definition) is 3. The third-order valence-corrected chi connectivity index (χ3v) is 3.03. The Morgan fingerprint density at radius 1 is 1.44 bits per heavy atom. The van der Waals surface area contributed by atoms with Crippen LogP contribution >= 0.6 is 0 Å². The van der Waals surface area contributed by atoms with Crippen molar-refractivity contribution >= 4 is 5.91 Å². The smallest absolute Gasteiger partial charge is 0.255 e. The highest BCUT2D eigenvalue weighted by atomic mass is 16.5. The molecule has 1 aromatic rings. The summed E-state index contributed by atoms with van der Waals surface area (Å²) in [6.07, 6.45) is 2.05. The standard InChI is InChI=1S/C13H17NO4/c15-10-3-4-12(16)11(6-10)13(17)14-7-9-2-1-5-18-8-9/h3-4,6,9,15-16H,1-2,5,7-8H2,(H,14,17). The van der Waals surface area contributed by atoms with Gasteiger partial charge in [0.05, 0.1) is 12.2 Å². The van der Waals surface area contributed by atoms with Crippen molar-refractivity contribution < 1.29 is 19.7 Å². The number of phenols is 2. The third kappa shape index (κ3) is 3.13. The number of carbonyl (C=O) groups is 1. The number of phenolic OH excluding ortho intramolecular Hbond substituents is 2. The highest BCUT2D eigenvalue weighted by Crippen LogP contribution is 2.22. The van der Waals surface area contributed by atoms with Crippen LogP contribution in [0.2, 0.25) is 0 Å². The van der Waals surface area contributed by atoms with E-state index in [1.54, 1.807) is 0 Å². The highest BCUT2D eigenvalue weighted by molar-refractivity contribution is 5.97. The van der Waals surface area contributed by atoms with E-state index >= 15 is 0 Å². The third-order valence-electron chi connectivity index (χ3n) is 3.03. The van der Waals surface area contributed by atoms with E-state index in [9.17, 15) is 15.0 Å². The minimum absolute atomic E-state index is 0.0426. The van der Waals surface area contributed by atoms with Crippen molar-refractivity contribution in [3.63, 3.8) is 0 Å². The molecule has 1 aromatic carbocycles. The van der Waals surface area contributed by atoms with E-state index in [1.807, 2.05) is 0 Å². The second kappa shape index (κ2) is 5.73. The van der Waals surface area contributed by atoms with E-state index in [0.29, 0.717) is 19.1 Å². The molecule has 1 aliphatic rings. The van der Waals surface area contributed by atoms with Crippen LogP contribution < -0.4 is 5.32 Å². The number of ether oxygens (including phenoxy) is 1. The van der Waals surface area contributed by atoms with Gasteiger partial charge in [-0.15, -0.1) is 0 Å². The maximum absolute atomic E-state index is 11.8. The molecule has 1 amide bonds. The molecule has 0 aliphatic carbocycles. The largest absolute Gasteiger partial charge is 0.508 e. The molecule has 0 saturated carbocycles. The Bertz CT molecular complexity index is 427. The van der Waals surface area contributed by atoms with Crippen LogP contribution in [-0.4, -0.2) is 35.9 Å². The second-order valence-electron chi connectivity index (χ2n) is 4.49. The van der Waals surface area contributed by atoms with Gasteiger partial charge in [0.2, 0.25) is 0 Å². The van der Waals surface area contributed by atoms with Gasteiger partial charge in [-0.1, -0.05) is 0 Å². The maximum atomic E-state index is 11.8. The molecule has 1 heterocycles. The zero-order chi connectivity index (χ0) is 13.0. The normalized spacial score (nSPS) is 19.4. The van der Waals surface area contributed by atoms with Gasteiger partial charge >= 0.3 is 0 Å². The molecule has 1 fully saturated rings. The molecule has 1 atom stereocenters. The van der Waals surface area contributed by atoms with Gasteiger partial charge in [-0.2, -0.15) is 0 Å². The zero-order valence-corrected chi connectivity index (χ0v) is 10.1. The molecule has 2 rings (SSSR count). The summed E-state index contributed by atoms with van der Waals surface area (Å²) in [7, 11) is 0. The lowest BCUT2D eigenvalue weighted by Gasteiger charge is -2.22. The molecular formula is C13H17NO4. The van der Waals surface area contributed by atoms with Crippen LogP contribution in [0.4, 0.5) is 0 Å². The highest BCUT2D eigenvalue weighted by Gasteiger charge is 2.17. The fourth-order valence-corrected chi connectivity index (χ4v) is 2.01. The number of rotatable bonds is 3. The summed E-state index contributed by atoms with van der Waals surface area (Å²) in [5, 5.41) is 21.6. The quantitative estimate of drug-likeness (QED) is 0.706. The number of hydrogen-bond acceptors (Lipinski definition) is 4. The molecule has 1 unspecified atom stereocenters. The SMILES string of the molecule is O=C(NCC1CCCOC1)c1cc(O)ccc1O. The lowest BCUT2D eigenvalue weighted by molar-refractivity contribution is 0.0536. The van der Waals surface area contributed by atoms with E-state index in [1.165, 1.54) is 18.2 Å². The predicted octanol–water partition coefficient (Wildman–Crippen LogP) is 1.25. The molecule has 0 bridgehead atoms. The van der Waals surface area contributed by atoms with Crippen LogP contribution in [-0.2, 0) is 4.74 Å². The van der Waals surface area contributed by atoms with Gasteiger partial charge in [-0.25, -0.2) is 0 Å². The van der Waals surface area contributed by atoms with Gasteiger partial charge < -0.3 is 20.3 Å². The van der Waals surface area contributed by atoms with Gasteiger partial charge in [0.25, 0.3) is 5.91 Å². The Morgan fingerprint density at radius 3 is 3.00 bits per heavy atom. The van der Waals surface area contributed by atoms with Gasteiger partial charge in [0.15, 0.2) is 0 Å². The Kier molecular flexibility index (Phi) is 4.04. The zero-order valence-electron chi connectivity index (χ0n) is 10.1. The number of aromatic hydroxyl groups is 2. The Hall–Kier alpha value is -1.75. The lowest BCUT2D eigenvalue weighted by atomic mass is 10.0. The maximum Gasteiger partial charge on any atom is 0.255 e. The van der Waals surface area contributed by atoms with E-state index in [2.05, 4.69) is 5.32 Å². The van der Waals surface area contributed by atoms with Crippen molar-refractivity contribution in [1.29, 1.82) is 0 Å². The fraction of sp³-hybridized carbons (Fsp3) is 0.462. The van der Waals surface area contributed by atoms with Gasteiger partial charge in [0, 0.05) is 13.2 Å². The van der Waals surface area contributed by atoms with Crippen LogP contribution in [0.15, 0.2) is 18.2 Å². The minimum atomic E-state index is -0.381. The molecule has 0 spiro atoms. The Morgan fingerprint density at radius 2 is 2.28 bits per heavy atom. The van der Waals surface area contributed by atoms with Crippen molar-refractivity contribution in [3.8, 4) is 11.5 Å². The number of carbonyl (C=O) groups excluding carboxylic acids is 1. The Balaban J connectivity index is 1.92. The summed E-state index contributed by atoms with van der Waals surface area (Å²) in [5.74, 6) is -0.236. The average molecular weight is 251 g/mol. The van der Waals surface area contributed by atoms with E-state index in [4.69, 9.17) is 4.74 Å². The van der Waals surface area contributed by atoms with E-state index in [0.717, 1.165) is 19.4 Å². The van der Waals surface area contributed by atoms with Crippen LogP contribution in [0.1, 0.15) is 23.2 Å². The van der Waals surface area contributed by atoms with Gasteiger partial charge in [-0.3, -0.25) is 4.79 Å². The molecule has 98 valence electrons. The van der Waals surface area contributed by atoms with Gasteiger partial charge in [-0.05, 0) is 37.0 Å². The van der Waals surface area contributed by atoms with Crippen molar-refractivity contribution in [2.45, 2.75) is 12.8 Å². The van der Waals surface area contributed by atoms with Crippen LogP contribution in [0, 0.1) is 5.92 Å². The molecular weight excluding hydrogens is 234 g/mol. The molecule has 18 heavy (non-hydrogen) atoms. The van der Waals surface area contributed by atoms with E-state index < -0.39 is 0 Å². The number of nitrogens with one attached hydrogen (secondary N) is 1. The summed E-state index contributed by atoms with van der Waals surface area (Å²) >= 11 is 0. The van der Waals surface area contributed by atoms with Crippen LogP contribution in [0.3, 0.4) is 0 Å². The molecule has 0 radical (unpaired) electrons. The fourth-order valence-electron chi connectivity index (χ4n) is 2.01. The molecule has 3 N–H and O–H groups in total. The first kappa shape index (κ1) is 12.7. The first-order valence-electron chi connectivity index (χ1n) is 6.05.